The SMILES string of the molecule is CC(C#N)CN(C)CC(=O)c1ccc(Cl)s1. The van der Waals surface area contributed by atoms with Gasteiger partial charge in [0, 0.05) is 6.54 Å². The molecular weight excluding hydrogens is 244 g/mol. The van der Waals surface area contributed by atoms with Gasteiger partial charge in [-0.2, -0.15) is 5.26 Å². The van der Waals surface area contributed by atoms with Crippen molar-refractivity contribution < 1.29 is 4.79 Å². The van der Waals surface area contributed by atoms with Gasteiger partial charge in [0.25, 0.3) is 0 Å². The first kappa shape index (κ1) is 13.2. The smallest absolute Gasteiger partial charge is 0.186 e. The minimum absolute atomic E-state index is 0.0459. The molecule has 1 atom stereocenters. The maximum atomic E-state index is 11.8. The van der Waals surface area contributed by atoms with Crippen LogP contribution in [0.25, 0.3) is 0 Å². The summed E-state index contributed by atoms with van der Waals surface area (Å²) in [5.74, 6) is -0.0192. The summed E-state index contributed by atoms with van der Waals surface area (Å²) in [7, 11) is 1.83. The normalized spacial score (nSPS) is 12.4. The van der Waals surface area contributed by atoms with Crippen LogP contribution in [-0.2, 0) is 0 Å². The van der Waals surface area contributed by atoms with E-state index in [0.717, 1.165) is 0 Å². The monoisotopic (exact) mass is 256 g/mol. The second-order valence-corrected chi connectivity index (χ2v) is 5.47. The number of rotatable bonds is 5. The van der Waals surface area contributed by atoms with Gasteiger partial charge in [0.15, 0.2) is 5.78 Å². The molecule has 16 heavy (non-hydrogen) atoms. The van der Waals surface area contributed by atoms with E-state index in [2.05, 4.69) is 6.07 Å². The Bertz CT molecular complexity index is 410. The summed E-state index contributed by atoms with van der Waals surface area (Å²) in [4.78, 5) is 14.3. The molecule has 1 aromatic rings. The number of thiophene rings is 1. The molecule has 1 heterocycles. The molecule has 0 N–H and O–H groups in total. The Hall–Kier alpha value is -0.890. The quantitative estimate of drug-likeness (QED) is 0.761. The van der Waals surface area contributed by atoms with Crippen molar-refractivity contribution in [1.82, 2.24) is 4.90 Å². The highest BCUT2D eigenvalue weighted by Gasteiger charge is 2.13. The highest BCUT2D eigenvalue weighted by molar-refractivity contribution is 7.18. The van der Waals surface area contributed by atoms with E-state index >= 15 is 0 Å². The van der Waals surface area contributed by atoms with Gasteiger partial charge in [0.05, 0.1) is 27.7 Å². The number of carbonyl (C=O) groups excluding carboxylic acids is 1. The van der Waals surface area contributed by atoms with E-state index in [4.69, 9.17) is 16.9 Å². The zero-order chi connectivity index (χ0) is 12.1. The third-order valence-corrected chi connectivity index (χ3v) is 3.34. The Kier molecular flexibility index (Phi) is 4.94. The molecule has 0 fully saturated rings. The zero-order valence-corrected chi connectivity index (χ0v) is 10.8. The Morgan fingerprint density at radius 2 is 2.38 bits per heavy atom. The summed E-state index contributed by atoms with van der Waals surface area (Å²) in [5, 5.41) is 8.66. The van der Waals surface area contributed by atoms with Crippen molar-refractivity contribution in [2.24, 2.45) is 5.92 Å². The number of ketones is 1. The number of halogens is 1. The first-order chi connectivity index (χ1) is 7.52. The fourth-order valence-corrected chi connectivity index (χ4v) is 2.33. The molecule has 1 aromatic heterocycles. The maximum absolute atomic E-state index is 11.8. The van der Waals surface area contributed by atoms with Gasteiger partial charge in [-0.3, -0.25) is 9.69 Å². The molecule has 0 radical (unpaired) electrons. The summed E-state index contributed by atoms with van der Waals surface area (Å²) >= 11 is 7.04. The molecule has 86 valence electrons. The number of hydrogen-bond donors (Lipinski definition) is 0. The average Bonchev–Trinajstić information content (AvgIpc) is 2.64. The van der Waals surface area contributed by atoms with Crippen LogP contribution in [0.4, 0.5) is 0 Å². The molecule has 0 saturated heterocycles. The molecule has 0 spiro atoms. The third kappa shape index (κ3) is 3.93. The van der Waals surface area contributed by atoms with E-state index in [1.54, 1.807) is 12.1 Å². The first-order valence-electron chi connectivity index (χ1n) is 4.89. The fourth-order valence-electron chi connectivity index (χ4n) is 1.36. The van der Waals surface area contributed by atoms with Gasteiger partial charge in [-0.1, -0.05) is 11.6 Å². The molecule has 3 nitrogen and oxygen atoms in total. The van der Waals surface area contributed by atoms with E-state index < -0.39 is 0 Å². The van der Waals surface area contributed by atoms with Crippen LogP contribution in [0.3, 0.4) is 0 Å². The van der Waals surface area contributed by atoms with Crippen LogP contribution < -0.4 is 0 Å². The lowest BCUT2D eigenvalue weighted by Crippen LogP contribution is -2.29. The largest absolute Gasteiger partial charge is 0.298 e. The van der Waals surface area contributed by atoms with Crippen molar-refractivity contribution >= 4 is 28.7 Å². The number of nitriles is 1. The van der Waals surface area contributed by atoms with Crippen LogP contribution in [0.15, 0.2) is 12.1 Å². The lowest BCUT2D eigenvalue weighted by molar-refractivity contribution is 0.0947. The fraction of sp³-hybridized carbons (Fsp3) is 0.455. The van der Waals surface area contributed by atoms with Gasteiger partial charge in [0.1, 0.15) is 0 Å². The molecule has 0 amide bonds. The Morgan fingerprint density at radius 3 is 2.88 bits per heavy atom. The molecule has 0 aliphatic carbocycles. The van der Waals surface area contributed by atoms with E-state index in [-0.39, 0.29) is 11.7 Å². The molecule has 0 aliphatic heterocycles. The number of Topliss-reactive ketones (excluding diaryl/α,β-unsaturated/α-hetero) is 1. The van der Waals surface area contributed by atoms with Crippen LogP contribution in [0, 0.1) is 17.2 Å². The van der Waals surface area contributed by atoms with Crippen LogP contribution in [-0.4, -0.2) is 30.8 Å². The summed E-state index contributed by atoms with van der Waals surface area (Å²) in [5.41, 5.74) is 0. The number of carbonyl (C=O) groups is 1. The second kappa shape index (κ2) is 6.00. The van der Waals surface area contributed by atoms with Crippen molar-refractivity contribution in [2.45, 2.75) is 6.92 Å². The van der Waals surface area contributed by atoms with E-state index in [0.29, 0.717) is 22.3 Å². The molecule has 0 bridgehead atoms. The summed E-state index contributed by atoms with van der Waals surface area (Å²) < 4.78 is 0.622. The van der Waals surface area contributed by atoms with Crippen molar-refractivity contribution in [3.8, 4) is 6.07 Å². The summed E-state index contributed by atoms with van der Waals surface area (Å²) in [6.45, 7) is 2.76. The maximum Gasteiger partial charge on any atom is 0.186 e. The standard InChI is InChI=1S/C11H13ClN2OS/c1-8(5-13)6-14(2)7-9(15)10-3-4-11(12)16-10/h3-4,8H,6-7H2,1-2H3. The van der Waals surface area contributed by atoms with Crippen LogP contribution in [0.5, 0.6) is 0 Å². The van der Waals surface area contributed by atoms with Gasteiger partial charge < -0.3 is 0 Å². The Balaban J connectivity index is 2.49. The molecule has 0 saturated carbocycles. The van der Waals surface area contributed by atoms with Gasteiger partial charge >= 0.3 is 0 Å². The Labute approximate surface area is 104 Å². The van der Waals surface area contributed by atoms with Crippen molar-refractivity contribution in [3.63, 3.8) is 0 Å². The lowest BCUT2D eigenvalue weighted by Gasteiger charge is -2.16. The number of nitrogens with zero attached hydrogens (tertiary/aromatic N) is 2. The van der Waals surface area contributed by atoms with Gasteiger partial charge in [-0.25, -0.2) is 0 Å². The van der Waals surface area contributed by atoms with Gasteiger partial charge in [-0.05, 0) is 26.1 Å². The van der Waals surface area contributed by atoms with Crippen LogP contribution in [0.1, 0.15) is 16.6 Å². The second-order valence-electron chi connectivity index (χ2n) is 3.75. The van der Waals surface area contributed by atoms with Crippen molar-refractivity contribution in [2.75, 3.05) is 20.1 Å². The minimum Gasteiger partial charge on any atom is -0.298 e. The highest BCUT2D eigenvalue weighted by atomic mass is 35.5. The molecule has 0 aromatic carbocycles. The molecular formula is C11H13ClN2OS. The van der Waals surface area contributed by atoms with E-state index in [1.807, 2.05) is 18.9 Å². The van der Waals surface area contributed by atoms with Crippen molar-refractivity contribution in [1.29, 1.82) is 5.26 Å². The predicted octanol–water partition coefficient (Wildman–Crippen LogP) is 2.68. The summed E-state index contributed by atoms with van der Waals surface area (Å²) in [6, 6.07) is 5.59. The zero-order valence-electron chi connectivity index (χ0n) is 9.24. The van der Waals surface area contributed by atoms with E-state index in [9.17, 15) is 4.79 Å². The van der Waals surface area contributed by atoms with Crippen molar-refractivity contribution in [3.05, 3.63) is 21.3 Å². The molecule has 5 heteroatoms. The number of hydrogen-bond acceptors (Lipinski definition) is 4. The lowest BCUT2D eigenvalue weighted by atomic mass is 10.2. The first-order valence-corrected chi connectivity index (χ1v) is 6.09. The minimum atomic E-state index is -0.0651. The van der Waals surface area contributed by atoms with E-state index in [1.165, 1.54) is 11.3 Å². The molecule has 1 rings (SSSR count). The highest BCUT2D eigenvalue weighted by Crippen LogP contribution is 2.21. The van der Waals surface area contributed by atoms with Gasteiger partial charge in [-0.15, -0.1) is 11.3 Å². The third-order valence-electron chi connectivity index (χ3n) is 2.07. The average molecular weight is 257 g/mol. The summed E-state index contributed by atoms with van der Waals surface area (Å²) in [6.07, 6.45) is 0. The predicted molar refractivity (Wildman–Crippen MR) is 65.9 cm³/mol. The Morgan fingerprint density at radius 1 is 1.69 bits per heavy atom. The molecule has 0 aliphatic rings. The van der Waals surface area contributed by atoms with Gasteiger partial charge in [0.2, 0.25) is 0 Å². The molecule has 1 unspecified atom stereocenters. The van der Waals surface area contributed by atoms with Crippen LogP contribution in [0.2, 0.25) is 4.34 Å². The number of likely N-dealkylation sites (N-methyl/N-ethyl adjacent to an activating group) is 1. The van der Waals surface area contributed by atoms with Crippen LogP contribution >= 0.6 is 22.9 Å². The topological polar surface area (TPSA) is 44.1 Å².